The van der Waals surface area contributed by atoms with Gasteiger partial charge in [-0.25, -0.2) is 0 Å². The summed E-state index contributed by atoms with van der Waals surface area (Å²) in [6.45, 7) is 8.17. The monoisotopic (exact) mass is 528 g/mol. The van der Waals surface area contributed by atoms with E-state index >= 15 is 0 Å². The highest BCUT2D eigenvalue weighted by Crippen LogP contribution is 2.41. The van der Waals surface area contributed by atoms with Crippen molar-refractivity contribution < 1.29 is 24.2 Å². The predicted octanol–water partition coefficient (Wildman–Crippen LogP) is 4.37. The van der Waals surface area contributed by atoms with E-state index in [0.29, 0.717) is 36.8 Å². The molecular weight excluding hydrogens is 500 g/mol. The summed E-state index contributed by atoms with van der Waals surface area (Å²) in [7, 11) is 0. The van der Waals surface area contributed by atoms with Gasteiger partial charge in [-0.1, -0.05) is 41.9 Å². The first kappa shape index (κ1) is 24.3. The van der Waals surface area contributed by atoms with Crippen LogP contribution in [0.1, 0.15) is 37.4 Å². The molecule has 7 nitrogen and oxygen atoms in total. The van der Waals surface area contributed by atoms with Crippen molar-refractivity contribution in [2.45, 2.75) is 26.3 Å². The number of nitrogens with zero attached hydrogens (tertiary/aromatic N) is 2. The van der Waals surface area contributed by atoms with Gasteiger partial charge in [0, 0.05) is 16.6 Å². The third kappa shape index (κ3) is 4.83. The normalized spacial score (nSPS) is 19.2. The maximum absolute atomic E-state index is 13.2. The molecule has 1 unspecified atom stereocenters. The molecule has 2 aliphatic heterocycles. The molecule has 1 amide bonds. The van der Waals surface area contributed by atoms with Crippen molar-refractivity contribution in [3.05, 3.63) is 63.6 Å². The topological polar surface area (TPSA) is 79.3 Å². The molecule has 0 bridgehead atoms. The van der Waals surface area contributed by atoms with E-state index in [4.69, 9.17) is 9.47 Å². The van der Waals surface area contributed by atoms with E-state index in [2.05, 4.69) is 34.7 Å². The average molecular weight is 529 g/mol. The van der Waals surface area contributed by atoms with Crippen LogP contribution in [0.4, 0.5) is 0 Å². The fraction of sp³-hybridized carbons (Fsp3) is 0.385. The largest absolute Gasteiger partial charge is 0.507 e. The van der Waals surface area contributed by atoms with Gasteiger partial charge in [0.25, 0.3) is 11.7 Å². The fourth-order valence-corrected chi connectivity index (χ4v) is 4.72. The Bertz CT molecular complexity index is 1090. The number of hydrogen-bond donors (Lipinski definition) is 1. The Balaban J connectivity index is 1.72. The Hall–Kier alpha value is -2.84. The van der Waals surface area contributed by atoms with Crippen LogP contribution in [0.2, 0.25) is 0 Å². The van der Waals surface area contributed by atoms with Crippen LogP contribution in [0.15, 0.2) is 52.5 Å². The van der Waals surface area contributed by atoms with E-state index in [9.17, 15) is 14.7 Å². The minimum atomic E-state index is -0.678. The van der Waals surface area contributed by atoms with Crippen molar-refractivity contribution in [1.82, 2.24) is 9.80 Å². The molecular formula is C26H29BrN2O5. The van der Waals surface area contributed by atoms with E-state index in [1.165, 1.54) is 0 Å². The number of aliphatic hydroxyl groups is 1. The van der Waals surface area contributed by atoms with Crippen molar-refractivity contribution in [1.29, 1.82) is 0 Å². The number of Topliss-reactive ketones (excluding diaryl/α,β-unsaturated/α-hetero) is 1. The lowest BCUT2D eigenvalue weighted by Crippen LogP contribution is -2.33. The van der Waals surface area contributed by atoms with E-state index in [0.717, 1.165) is 36.1 Å². The highest BCUT2D eigenvalue weighted by Gasteiger charge is 2.45. The number of amides is 1. The zero-order valence-electron chi connectivity index (χ0n) is 19.4. The molecule has 0 aliphatic carbocycles. The van der Waals surface area contributed by atoms with Gasteiger partial charge >= 0.3 is 0 Å². The summed E-state index contributed by atoms with van der Waals surface area (Å²) in [4.78, 5) is 30.2. The second-order valence-corrected chi connectivity index (χ2v) is 9.20. The molecule has 0 aromatic heterocycles. The summed E-state index contributed by atoms with van der Waals surface area (Å²) in [5.74, 6) is -0.391. The Kier molecular flexibility index (Phi) is 7.58. The van der Waals surface area contributed by atoms with Gasteiger partial charge in [-0.15, -0.1) is 0 Å². The molecule has 1 saturated heterocycles. The summed E-state index contributed by atoms with van der Waals surface area (Å²) < 4.78 is 12.1. The summed E-state index contributed by atoms with van der Waals surface area (Å²) in [5.41, 5.74) is 1.27. The summed E-state index contributed by atoms with van der Waals surface area (Å²) >= 11 is 3.44. The Morgan fingerprint density at radius 3 is 2.41 bits per heavy atom. The van der Waals surface area contributed by atoms with Crippen molar-refractivity contribution in [2.24, 2.45) is 0 Å². The van der Waals surface area contributed by atoms with Gasteiger partial charge < -0.3 is 24.4 Å². The van der Waals surface area contributed by atoms with Crippen molar-refractivity contribution >= 4 is 33.4 Å². The number of ether oxygens (including phenoxy) is 2. The number of carbonyl (C=O) groups excluding carboxylic acids is 2. The number of rotatable bonds is 8. The summed E-state index contributed by atoms with van der Waals surface area (Å²) in [5, 5.41) is 11.3. The van der Waals surface area contributed by atoms with Gasteiger partial charge in [0.05, 0.1) is 11.6 Å². The standard InChI is InChI=1S/C26H29BrN2O5/c1-3-28(4-2)12-5-13-29-23(17-6-9-19(27)10-7-17)22(25(31)26(29)32)24(30)18-8-11-20-21(16-18)34-15-14-33-20/h6-11,16,23,30H,3-5,12-15H2,1-2H3/b24-22-. The van der Waals surface area contributed by atoms with E-state index in [-0.39, 0.29) is 11.3 Å². The van der Waals surface area contributed by atoms with Gasteiger partial charge in [-0.05, 0) is 62.0 Å². The van der Waals surface area contributed by atoms with Gasteiger partial charge in [-0.3, -0.25) is 9.59 Å². The minimum absolute atomic E-state index is 0.0897. The predicted molar refractivity (Wildman–Crippen MR) is 133 cm³/mol. The van der Waals surface area contributed by atoms with Crippen molar-refractivity contribution in [3.63, 3.8) is 0 Å². The molecule has 180 valence electrons. The molecule has 4 rings (SSSR count). The van der Waals surface area contributed by atoms with Crippen molar-refractivity contribution in [3.8, 4) is 11.5 Å². The third-order valence-corrected chi connectivity index (χ3v) is 6.84. The molecule has 1 fully saturated rings. The van der Waals surface area contributed by atoms with Crippen LogP contribution in [0.5, 0.6) is 11.5 Å². The van der Waals surface area contributed by atoms with Gasteiger partial charge in [0.15, 0.2) is 11.5 Å². The lowest BCUT2D eigenvalue weighted by molar-refractivity contribution is -0.140. The highest BCUT2D eigenvalue weighted by atomic mass is 79.9. The van der Waals surface area contributed by atoms with Crippen LogP contribution in [-0.2, 0) is 9.59 Å². The number of hydrogen-bond acceptors (Lipinski definition) is 6. The minimum Gasteiger partial charge on any atom is -0.507 e. The molecule has 2 aromatic rings. The molecule has 0 spiro atoms. The van der Waals surface area contributed by atoms with Crippen molar-refractivity contribution in [2.75, 3.05) is 39.4 Å². The maximum Gasteiger partial charge on any atom is 0.295 e. The van der Waals surface area contributed by atoms with Gasteiger partial charge in [0.1, 0.15) is 19.0 Å². The Labute approximate surface area is 208 Å². The third-order valence-electron chi connectivity index (χ3n) is 6.31. The van der Waals surface area contributed by atoms with Crippen LogP contribution in [0, 0.1) is 0 Å². The highest BCUT2D eigenvalue weighted by molar-refractivity contribution is 9.10. The van der Waals surface area contributed by atoms with Gasteiger partial charge in [0.2, 0.25) is 0 Å². The van der Waals surface area contributed by atoms with Crippen LogP contribution >= 0.6 is 15.9 Å². The second-order valence-electron chi connectivity index (χ2n) is 8.28. The van der Waals surface area contributed by atoms with Crippen LogP contribution in [0.25, 0.3) is 5.76 Å². The van der Waals surface area contributed by atoms with E-state index < -0.39 is 17.7 Å². The summed E-state index contributed by atoms with van der Waals surface area (Å²) in [6, 6.07) is 11.8. The van der Waals surface area contributed by atoms with Crippen LogP contribution < -0.4 is 9.47 Å². The van der Waals surface area contributed by atoms with E-state index in [1.54, 1.807) is 23.1 Å². The second kappa shape index (κ2) is 10.6. The van der Waals surface area contributed by atoms with Gasteiger partial charge in [-0.2, -0.15) is 0 Å². The maximum atomic E-state index is 13.2. The number of aliphatic hydroxyl groups excluding tert-OH is 1. The smallest absolute Gasteiger partial charge is 0.295 e. The number of halogens is 1. The quantitative estimate of drug-likeness (QED) is 0.311. The molecule has 2 aromatic carbocycles. The Morgan fingerprint density at radius 1 is 1.06 bits per heavy atom. The number of benzene rings is 2. The molecule has 1 atom stereocenters. The molecule has 34 heavy (non-hydrogen) atoms. The molecule has 0 radical (unpaired) electrons. The number of ketones is 1. The molecule has 0 saturated carbocycles. The first-order chi connectivity index (χ1) is 16.4. The van der Waals surface area contributed by atoms with E-state index in [1.807, 2.05) is 24.3 Å². The van der Waals surface area contributed by atoms with Crippen LogP contribution in [0.3, 0.4) is 0 Å². The first-order valence-electron chi connectivity index (χ1n) is 11.6. The summed E-state index contributed by atoms with van der Waals surface area (Å²) in [6.07, 6.45) is 0.728. The fourth-order valence-electron chi connectivity index (χ4n) is 4.45. The first-order valence-corrected chi connectivity index (χ1v) is 12.4. The average Bonchev–Trinajstić information content (AvgIpc) is 3.11. The lowest BCUT2D eigenvalue weighted by Gasteiger charge is -2.27. The molecule has 2 aliphatic rings. The number of likely N-dealkylation sites (tertiary alicyclic amines) is 1. The Morgan fingerprint density at radius 2 is 1.74 bits per heavy atom. The zero-order chi connectivity index (χ0) is 24.2. The lowest BCUT2D eigenvalue weighted by atomic mass is 9.95. The number of carbonyl (C=O) groups is 2. The van der Waals surface area contributed by atoms with Crippen LogP contribution in [-0.4, -0.2) is 66.0 Å². The molecule has 1 N–H and O–H groups in total. The SMILES string of the molecule is CCN(CC)CCCN1C(=O)C(=O)/C(=C(\O)c2ccc3c(c2)OCCO3)C1c1ccc(Br)cc1. The number of fused-ring (bicyclic) bond motifs is 1. The molecule has 2 heterocycles. The molecule has 8 heteroatoms. The zero-order valence-corrected chi connectivity index (χ0v) is 21.0.